The zero-order valence-corrected chi connectivity index (χ0v) is 10.5. The van der Waals surface area contributed by atoms with E-state index in [4.69, 9.17) is 5.41 Å². The first-order valence-corrected chi connectivity index (χ1v) is 6.69. The first-order valence-electron chi connectivity index (χ1n) is 6.69. The maximum atomic E-state index is 12.4. The van der Waals surface area contributed by atoms with Gasteiger partial charge in [-0.3, -0.25) is 10.2 Å². The molecule has 0 spiro atoms. The summed E-state index contributed by atoms with van der Waals surface area (Å²) >= 11 is 0. The molecule has 1 heterocycles. The van der Waals surface area contributed by atoms with Gasteiger partial charge in [0.1, 0.15) is 0 Å². The van der Waals surface area contributed by atoms with Crippen molar-refractivity contribution in [2.45, 2.75) is 38.1 Å². The molecular formula is C15H18N2O. The van der Waals surface area contributed by atoms with Gasteiger partial charge in [0.25, 0.3) is 5.91 Å². The molecule has 0 aromatic heterocycles. The highest BCUT2D eigenvalue weighted by Gasteiger charge is 2.36. The Hall–Kier alpha value is -1.64. The smallest absolute Gasteiger partial charge is 0.254 e. The molecule has 3 aliphatic rings. The largest absolute Gasteiger partial charge is 0.331 e. The van der Waals surface area contributed by atoms with E-state index in [1.165, 1.54) is 19.3 Å². The quantitative estimate of drug-likeness (QED) is 0.754. The van der Waals surface area contributed by atoms with E-state index >= 15 is 0 Å². The fourth-order valence-corrected chi connectivity index (χ4v) is 3.15. The van der Waals surface area contributed by atoms with Crippen LogP contribution in [0.5, 0.6) is 0 Å². The van der Waals surface area contributed by atoms with Gasteiger partial charge in [-0.15, -0.1) is 0 Å². The molecule has 0 aromatic carbocycles. The number of nitrogens with one attached hydrogen (secondary N) is 1. The number of hydrogen-bond acceptors (Lipinski definition) is 2. The predicted octanol–water partition coefficient (Wildman–Crippen LogP) is 2.60. The zero-order valence-electron chi connectivity index (χ0n) is 10.5. The second kappa shape index (κ2) is 4.23. The predicted molar refractivity (Wildman–Crippen MR) is 71.6 cm³/mol. The number of hydrogen-bond donors (Lipinski definition) is 1. The molecule has 0 atom stereocenters. The van der Waals surface area contributed by atoms with Gasteiger partial charge in [0.05, 0.1) is 5.71 Å². The van der Waals surface area contributed by atoms with Gasteiger partial charge in [0.15, 0.2) is 0 Å². The van der Waals surface area contributed by atoms with Gasteiger partial charge in [-0.1, -0.05) is 31.9 Å². The lowest BCUT2D eigenvalue weighted by atomic mass is 9.94. The summed E-state index contributed by atoms with van der Waals surface area (Å²) in [4.78, 5) is 14.4. The molecular weight excluding hydrogens is 224 g/mol. The van der Waals surface area contributed by atoms with Crippen molar-refractivity contribution in [2.75, 3.05) is 6.54 Å². The lowest BCUT2D eigenvalue weighted by molar-refractivity contribution is -0.127. The van der Waals surface area contributed by atoms with Crippen LogP contribution in [0.15, 0.2) is 35.5 Å². The second-order valence-electron chi connectivity index (χ2n) is 5.35. The van der Waals surface area contributed by atoms with Crippen LogP contribution in [0.2, 0.25) is 0 Å². The van der Waals surface area contributed by atoms with E-state index in [9.17, 15) is 4.79 Å². The van der Waals surface area contributed by atoms with E-state index < -0.39 is 0 Å². The van der Waals surface area contributed by atoms with Crippen LogP contribution in [0.1, 0.15) is 32.1 Å². The summed E-state index contributed by atoms with van der Waals surface area (Å²) in [5, 5.41) is 8.03. The average Bonchev–Trinajstić information content (AvgIpc) is 2.73. The molecule has 2 aliphatic carbocycles. The van der Waals surface area contributed by atoms with Gasteiger partial charge in [-0.25, -0.2) is 0 Å². The molecule has 0 aromatic rings. The van der Waals surface area contributed by atoms with Crippen molar-refractivity contribution in [3.63, 3.8) is 0 Å². The SMILES string of the molecule is C=C1C=CC2=C(CN(C3CCCCC3)C2=O)C1=N. The van der Waals surface area contributed by atoms with E-state index in [2.05, 4.69) is 6.58 Å². The monoisotopic (exact) mass is 242 g/mol. The van der Waals surface area contributed by atoms with Crippen molar-refractivity contribution in [1.29, 1.82) is 5.41 Å². The van der Waals surface area contributed by atoms with Crippen LogP contribution >= 0.6 is 0 Å². The molecule has 0 unspecified atom stereocenters. The summed E-state index contributed by atoms with van der Waals surface area (Å²) in [7, 11) is 0. The van der Waals surface area contributed by atoms with Gasteiger partial charge >= 0.3 is 0 Å². The first kappa shape index (κ1) is 11.5. The summed E-state index contributed by atoms with van der Waals surface area (Å²) in [6.45, 7) is 4.45. The Morgan fingerprint density at radius 2 is 1.94 bits per heavy atom. The standard InChI is InChI=1S/C15H18N2O/c1-10-7-8-12-13(14(10)16)9-17(15(12)18)11-5-3-2-4-6-11/h7-8,11,16H,1-6,9H2. The van der Waals surface area contributed by atoms with Gasteiger partial charge in [-0.2, -0.15) is 0 Å². The van der Waals surface area contributed by atoms with Crippen molar-refractivity contribution in [1.82, 2.24) is 4.90 Å². The molecule has 0 bridgehead atoms. The van der Waals surface area contributed by atoms with Crippen molar-refractivity contribution >= 4 is 11.6 Å². The number of carbonyl (C=O) groups is 1. The third-order valence-corrected chi connectivity index (χ3v) is 4.23. The molecule has 3 nitrogen and oxygen atoms in total. The third kappa shape index (κ3) is 1.65. The van der Waals surface area contributed by atoms with Gasteiger partial charge in [-0.05, 0) is 24.5 Å². The lowest BCUT2D eigenvalue weighted by Crippen LogP contribution is -2.39. The maximum Gasteiger partial charge on any atom is 0.254 e. The summed E-state index contributed by atoms with van der Waals surface area (Å²) < 4.78 is 0. The molecule has 18 heavy (non-hydrogen) atoms. The van der Waals surface area contributed by atoms with E-state index in [1.807, 2.05) is 11.0 Å². The van der Waals surface area contributed by atoms with Gasteiger partial charge in [0.2, 0.25) is 0 Å². The van der Waals surface area contributed by atoms with Crippen molar-refractivity contribution in [3.05, 3.63) is 35.5 Å². The van der Waals surface area contributed by atoms with Crippen molar-refractivity contribution in [2.24, 2.45) is 0 Å². The molecule has 94 valence electrons. The number of nitrogens with zero attached hydrogens (tertiary/aromatic N) is 1. The Morgan fingerprint density at radius 3 is 2.67 bits per heavy atom. The Bertz CT molecular complexity index is 493. The molecule has 3 heteroatoms. The van der Waals surface area contributed by atoms with E-state index in [-0.39, 0.29) is 5.91 Å². The van der Waals surface area contributed by atoms with Crippen molar-refractivity contribution in [3.8, 4) is 0 Å². The minimum absolute atomic E-state index is 0.116. The molecule has 1 fully saturated rings. The number of rotatable bonds is 1. The molecule has 1 saturated carbocycles. The fourth-order valence-electron chi connectivity index (χ4n) is 3.15. The minimum Gasteiger partial charge on any atom is -0.331 e. The van der Waals surface area contributed by atoms with Crippen LogP contribution in [0.4, 0.5) is 0 Å². The highest BCUT2D eigenvalue weighted by Crippen LogP contribution is 2.32. The molecule has 0 radical (unpaired) electrons. The summed E-state index contributed by atoms with van der Waals surface area (Å²) in [6.07, 6.45) is 9.58. The fraction of sp³-hybridized carbons (Fsp3) is 0.467. The topological polar surface area (TPSA) is 44.2 Å². The number of amides is 1. The van der Waals surface area contributed by atoms with E-state index in [0.29, 0.717) is 23.9 Å². The summed E-state index contributed by atoms with van der Waals surface area (Å²) in [6, 6.07) is 0.381. The highest BCUT2D eigenvalue weighted by molar-refractivity contribution is 6.21. The number of carbonyl (C=O) groups excluding carboxylic acids is 1. The Morgan fingerprint density at radius 1 is 1.22 bits per heavy atom. The first-order chi connectivity index (χ1) is 8.68. The van der Waals surface area contributed by atoms with Crippen LogP contribution in [-0.4, -0.2) is 29.1 Å². The van der Waals surface area contributed by atoms with Crippen molar-refractivity contribution < 1.29 is 4.79 Å². The van der Waals surface area contributed by atoms with Crippen LogP contribution in [0.3, 0.4) is 0 Å². The van der Waals surface area contributed by atoms with E-state index in [1.54, 1.807) is 6.08 Å². The number of allylic oxidation sites excluding steroid dienone is 2. The Kier molecular flexibility index (Phi) is 2.69. The lowest BCUT2D eigenvalue weighted by Gasteiger charge is -2.31. The Balaban J connectivity index is 1.84. The molecule has 1 amide bonds. The zero-order chi connectivity index (χ0) is 12.7. The second-order valence-corrected chi connectivity index (χ2v) is 5.35. The van der Waals surface area contributed by atoms with Gasteiger partial charge < -0.3 is 4.90 Å². The summed E-state index contributed by atoms with van der Waals surface area (Å²) in [5.74, 6) is 0.116. The molecule has 1 N–H and O–H groups in total. The molecule has 3 rings (SSSR count). The third-order valence-electron chi connectivity index (χ3n) is 4.23. The minimum atomic E-state index is 0.116. The van der Waals surface area contributed by atoms with Crippen LogP contribution in [0, 0.1) is 5.41 Å². The summed E-state index contributed by atoms with van der Waals surface area (Å²) in [5.41, 5.74) is 2.75. The molecule has 1 aliphatic heterocycles. The Labute approximate surface area is 107 Å². The van der Waals surface area contributed by atoms with Crippen LogP contribution < -0.4 is 0 Å². The normalized spacial score (nSPS) is 25.1. The average molecular weight is 242 g/mol. The van der Waals surface area contributed by atoms with Crippen LogP contribution in [-0.2, 0) is 4.79 Å². The van der Waals surface area contributed by atoms with Gasteiger partial charge in [0, 0.05) is 23.7 Å². The van der Waals surface area contributed by atoms with Crippen LogP contribution in [0.25, 0.3) is 0 Å². The highest BCUT2D eigenvalue weighted by atomic mass is 16.2. The molecule has 0 saturated heterocycles. The maximum absolute atomic E-state index is 12.4. The van der Waals surface area contributed by atoms with E-state index in [0.717, 1.165) is 24.0 Å².